The Kier molecular flexibility index (Phi) is 2.64. The van der Waals surface area contributed by atoms with Gasteiger partial charge in [0.25, 0.3) is 5.69 Å². The fourth-order valence-corrected chi connectivity index (χ4v) is 2.10. The SMILES string of the molecule is O=[N+]([O-])c1ccc2ncccc2c1CBr. The summed E-state index contributed by atoms with van der Waals surface area (Å²) in [6, 6.07) is 6.77. The van der Waals surface area contributed by atoms with Crippen molar-refractivity contribution in [3.63, 3.8) is 0 Å². The summed E-state index contributed by atoms with van der Waals surface area (Å²) in [5.41, 5.74) is 1.58. The Morgan fingerprint density at radius 3 is 2.87 bits per heavy atom. The maximum Gasteiger partial charge on any atom is 0.274 e. The molecule has 0 bridgehead atoms. The van der Waals surface area contributed by atoms with Crippen molar-refractivity contribution in [1.82, 2.24) is 4.98 Å². The smallest absolute Gasteiger partial charge is 0.258 e. The molecule has 4 nitrogen and oxygen atoms in total. The predicted molar refractivity (Wildman–Crippen MR) is 61.0 cm³/mol. The van der Waals surface area contributed by atoms with E-state index in [9.17, 15) is 10.1 Å². The molecule has 0 saturated carbocycles. The van der Waals surface area contributed by atoms with E-state index in [4.69, 9.17) is 0 Å². The van der Waals surface area contributed by atoms with Gasteiger partial charge in [-0.2, -0.15) is 0 Å². The van der Waals surface area contributed by atoms with Crippen molar-refractivity contribution in [2.45, 2.75) is 5.33 Å². The van der Waals surface area contributed by atoms with E-state index in [0.717, 1.165) is 10.9 Å². The summed E-state index contributed by atoms with van der Waals surface area (Å²) in [7, 11) is 0. The first-order valence-electron chi connectivity index (χ1n) is 4.31. The van der Waals surface area contributed by atoms with Crippen molar-refractivity contribution < 1.29 is 4.92 Å². The van der Waals surface area contributed by atoms with Crippen molar-refractivity contribution in [2.24, 2.45) is 0 Å². The first kappa shape index (κ1) is 10.0. The predicted octanol–water partition coefficient (Wildman–Crippen LogP) is 3.04. The molecule has 0 atom stereocenters. The number of pyridine rings is 1. The second-order valence-corrected chi connectivity index (χ2v) is 3.58. The third kappa shape index (κ3) is 1.70. The highest BCUT2D eigenvalue weighted by Crippen LogP contribution is 2.28. The number of nitrogens with zero attached hydrogens (tertiary/aromatic N) is 2. The van der Waals surface area contributed by atoms with Crippen molar-refractivity contribution in [2.75, 3.05) is 0 Å². The van der Waals surface area contributed by atoms with E-state index in [1.54, 1.807) is 18.3 Å². The monoisotopic (exact) mass is 266 g/mol. The van der Waals surface area contributed by atoms with Gasteiger partial charge in [0.1, 0.15) is 0 Å². The van der Waals surface area contributed by atoms with Gasteiger partial charge in [-0.3, -0.25) is 15.1 Å². The van der Waals surface area contributed by atoms with Gasteiger partial charge in [0, 0.05) is 28.5 Å². The highest BCUT2D eigenvalue weighted by molar-refractivity contribution is 9.08. The molecule has 5 heteroatoms. The van der Waals surface area contributed by atoms with E-state index >= 15 is 0 Å². The van der Waals surface area contributed by atoms with Crippen LogP contribution >= 0.6 is 15.9 Å². The van der Waals surface area contributed by atoms with Crippen molar-refractivity contribution >= 4 is 32.5 Å². The zero-order chi connectivity index (χ0) is 10.8. The molecule has 1 aromatic heterocycles. The van der Waals surface area contributed by atoms with Crippen LogP contribution in [0.2, 0.25) is 0 Å². The average Bonchev–Trinajstić information content (AvgIpc) is 2.27. The number of benzene rings is 1. The molecule has 76 valence electrons. The Morgan fingerprint density at radius 1 is 1.40 bits per heavy atom. The van der Waals surface area contributed by atoms with Gasteiger partial charge in [0.15, 0.2) is 0 Å². The van der Waals surface area contributed by atoms with Crippen molar-refractivity contribution in [3.05, 3.63) is 46.1 Å². The first-order valence-corrected chi connectivity index (χ1v) is 5.43. The first-order chi connectivity index (χ1) is 7.24. The largest absolute Gasteiger partial charge is 0.274 e. The standard InChI is InChI=1S/C10H7BrN2O2/c11-6-8-7-2-1-5-12-9(7)3-4-10(8)13(14)15/h1-5H,6H2. The number of rotatable bonds is 2. The van der Waals surface area contributed by atoms with E-state index in [-0.39, 0.29) is 10.6 Å². The van der Waals surface area contributed by atoms with E-state index < -0.39 is 0 Å². The number of nitro benzene ring substituents is 1. The van der Waals surface area contributed by atoms with Gasteiger partial charge in [0.2, 0.25) is 0 Å². The number of alkyl halides is 1. The summed E-state index contributed by atoms with van der Waals surface area (Å²) in [6.07, 6.45) is 1.67. The zero-order valence-corrected chi connectivity index (χ0v) is 9.27. The molecule has 0 N–H and O–H groups in total. The van der Waals surface area contributed by atoms with Gasteiger partial charge >= 0.3 is 0 Å². The van der Waals surface area contributed by atoms with Gasteiger partial charge in [0.05, 0.1) is 10.4 Å². The molecule has 0 aliphatic carbocycles. The number of hydrogen-bond donors (Lipinski definition) is 0. The Balaban J connectivity index is 2.81. The van der Waals surface area contributed by atoms with Gasteiger partial charge in [-0.25, -0.2) is 0 Å². The van der Waals surface area contributed by atoms with Crippen LogP contribution in [0.15, 0.2) is 30.5 Å². The molecular formula is C10H7BrN2O2. The molecule has 0 aliphatic rings. The molecular weight excluding hydrogens is 260 g/mol. The van der Waals surface area contributed by atoms with E-state index in [1.807, 2.05) is 6.07 Å². The normalized spacial score (nSPS) is 10.5. The van der Waals surface area contributed by atoms with Crippen LogP contribution in [0.5, 0.6) is 0 Å². The molecule has 0 radical (unpaired) electrons. The lowest BCUT2D eigenvalue weighted by atomic mass is 10.1. The topological polar surface area (TPSA) is 56.0 Å². The summed E-state index contributed by atoms with van der Waals surface area (Å²) in [4.78, 5) is 14.6. The van der Waals surface area contributed by atoms with Crippen molar-refractivity contribution in [1.29, 1.82) is 0 Å². The fourth-order valence-electron chi connectivity index (χ4n) is 1.51. The van der Waals surface area contributed by atoms with Crippen LogP contribution in [0.25, 0.3) is 10.9 Å². The maximum atomic E-state index is 10.8. The third-order valence-electron chi connectivity index (χ3n) is 2.20. The number of aromatic nitrogens is 1. The minimum atomic E-state index is -0.372. The number of halogens is 1. The molecule has 1 heterocycles. The summed E-state index contributed by atoms with van der Waals surface area (Å²) in [5.74, 6) is 0. The number of fused-ring (bicyclic) bond motifs is 1. The molecule has 0 amide bonds. The van der Waals surface area contributed by atoms with Crippen LogP contribution in [0, 0.1) is 10.1 Å². The quantitative estimate of drug-likeness (QED) is 0.477. The molecule has 0 spiro atoms. The molecule has 2 aromatic rings. The number of hydrogen-bond acceptors (Lipinski definition) is 3. The molecule has 1 aromatic carbocycles. The van der Waals surface area contributed by atoms with Crippen LogP contribution in [0.4, 0.5) is 5.69 Å². The Morgan fingerprint density at radius 2 is 2.20 bits per heavy atom. The fraction of sp³-hybridized carbons (Fsp3) is 0.100. The lowest BCUT2D eigenvalue weighted by molar-refractivity contribution is -0.385. The van der Waals surface area contributed by atoms with E-state index in [2.05, 4.69) is 20.9 Å². The zero-order valence-electron chi connectivity index (χ0n) is 7.68. The Bertz CT molecular complexity index is 528. The van der Waals surface area contributed by atoms with Gasteiger partial charge in [-0.1, -0.05) is 22.0 Å². The average molecular weight is 267 g/mol. The van der Waals surface area contributed by atoms with Gasteiger partial charge < -0.3 is 0 Å². The Labute approximate surface area is 94.2 Å². The minimum Gasteiger partial charge on any atom is -0.258 e. The highest BCUT2D eigenvalue weighted by Gasteiger charge is 2.15. The van der Waals surface area contributed by atoms with Crippen LogP contribution in [-0.2, 0) is 5.33 Å². The van der Waals surface area contributed by atoms with Crippen molar-refractivity contribution in [3.8, 4) is 0 Å². The van der Waals surface area contributed by atoms with Crippen LogP contribution < -0.4 is 0 Å². The molecule has 0 fully saturated rings. The second-order valence-electron chi connectivity index (χ2n) is 3.02. The van der Waals surface area contributed by atoms with Crippen LogP contribution in [0.1, 0.15) is 5.56 Å². The summed E-state index contributed by atoms with van der Waals surface area (Å²) in [6.45, 7) is 0. The van der Waals surface area contributed by atoms with Gasteiger partial charge in [-0.15, -0.1) is 0 Å². The highest BCUT2D eigenvalue weighted by atomic mass is 79.9. The second kappa shape index (κ2) is 3.94. The molecule has 0 unspecified atom stereocenters. The lowest BCUT2D eigenvalue weighted by Gasteiger charge is -2.03. The van der Waals surface area contributed by atoms with Crippen LogP contribution in [0.3, 0.4) is 0 Å². The van der Waals surface area contributed by atoms with Gasteiger partial charge in [-0.05, 0) is 12.1 Å². The number of nitro groups is 1. The van der Waals surface area contributed by atoms with Crippen LogP contribution in [-0.4, -0.2) is 9.91 Å². The minimum absolute atomic E-state index is 0.132. The lowest BCUT2D eigenvalue weighted by Crippen LogP contribution is -1.95. The molecule has 2 rings (SSSR count). The molecule has 0 aliphatic heterocycles. The third-order valence-corrected chi connectivity index (χ3v) is 2.76. The summed E-state index contributed by atoms with van der Waals surface area (Å²) >= 11 is 3.27. The summed E-state index contributed by atoms with van der Waals surface area (Å²) < 4.78 is 0. The maximum absolute atomic E-state index is 10.8. The molecule has 15 heavy (non-hydrogen) atoms. The summed E-state index contributed by atoms with van der Waals surface area (Å²) in [5, 5.41) is 12.1. The van der Waals surface area contributed by atoms with E-state index in [1.165, 1.54) is 6.07 Å². The Hall–Kier alpha value is -1.49. The van der Waals surface area contributed by atoms with E-state index in [0.29, 0.717) is 10.9 Å². The molecule has 0 saturated heterocycles.